The van der Waals surface area contributed by atoms with Gasteiger partial charge < -0.3 is 15.8 Å². The monoisotopic (exact) mass is 268 g/mol. The second-order valence-electron chi connectivity index (χ2n) is 4.11. The third kappa shape index (κ3) is 5.82. The van der Waals surface area contributed by atoms with Crippen LogP contribution in [0.25, 0.3) is 0 Å². The number of hydrogen-bond donors (Lipinski definition) is 2. The van der Waals surface area contributed by atoms with Crippen molar-refractivity contribution in [1.82, 2.24) is 5.32 Å². The van der Waals surface area contributed by atoms with E-state index in [0.29, 0.717) is 11.4 Å². The van der Waals surface area contributed by atoms with Gasteiger partial charge in [0.25, 0.3) is 5.91 Å². The van der Waals surface area contributed by atoms with Crippen LogP contribution < -0.4 is 15.8 Å². The van der Waals surface area contributed by atoms with Crippen LogP contribution in [0.2, 0.25) is 0 Å². The molecule has 0 aliphatic heterocycles. The smallest absolute Gasteiger partial charge is 0.258 e. The highest BCUT2D eigenvalue weighted by atomic mass is 32.2. The third-order valence-corrected chi connectivity index (χ3v) is 3.03. The highest BCUT2D eigenvalue weighted by molar-refractivity contribution is 7.98. The van der Waals surface area contributed by atoms with Crippen molar-refractivity contribution in [3.63, 3.8) is 0 Å². The van der Waals surface area contributed by atoms with Crippen molar-refractivity contribution in [3.8, 4) is 5.75 Å². The number of carbonyl (C=O) groups is 1. The van der Waals surface area contributed by atoms with Crippen LogP contribution in [0, 0.1) is 0 Å². The lowest BCUT2D eigenvalue weighted by Gasteiger charge is -2.13. The summed E-state index contributed by atoms with van der Waals surface area (Å²) in [5.74, 6) is 1.55. The van der Waals surface area contributed by atoms with Crippen LogP contribution >= 0.6 is 11.8 Å². The van der Waals surface area contributed by atoms with Gasteiger partial charge in [0.1, 0.15) is 5.75 Å². The Morgan fingerprint density at radius 1 is 1.56 bits per heavy atom. The zero-order valence-electron chi connectivity index (χ0n) is 10.8. The number of rotatable bonds is 7. The Bertz CT molecular complexity index is 385. The van der Waals surface area contributed by atoms with Crippen LogP contribution in [0.5, 0.6) is 5.75 Å². The summed E-state index contributed by atoms with van der Waals surface area (Å²) >= 11 is 1.77. The van der Waals surface area contributed by atoms with Gasteiger partial charge in [-0.2, -0.15) is 11.8 Å². The van der Waals surface area contributed by atoms with Gasteiger partial charge in [-0.15, -0.1) is 0 Å². The van der Waals surface area contributed by atoms with Gasteiger partial charge in [0, 0.05) is 17.8 Å². The van der Waals surface area contributed by atoms with E-state index in [-0.39, 0.29) is 18.6 Å². The van der Waals surface area contributed by atoms with Crippen LogP contribution in [0.4, 0.5) is 5.69 Å². The molecule has 1 amide bonds. The number of amides is 1. The highest BCUT2D eigenvalue weighted by Gasteiger charge is 2.07. The summed E-state index contributed by atoms with van der Waals surface area (Å²) in [7, 11) is 0. The summed E-state index contributed by atoms with van der Waals surface area (Å²) in [5, 5.41) is 2.89. The first-order valence-corrected chi connectivity index (χ1v) is 7.28. The largest absolute Gasteiger partial charge is 0.484 e. The Morgan fingerprint density at radius 3 is 3.00 bits per heavy atom. The number of nitrogens with two attached hydrogens (primary N) is 1. The van der Waals surface area contributed by atoms with Crippen LogP contribution in [0.3, 0.4) is 0 Å². The molecule has 1 unspecified atom stereocenters. The molecule has 0 aromatic heterocycles. The summed E-state index contributed by atoms with van der Waals surface area (Å²) in [5.41, 5.74) is 6.24. The first kappa shape index (κ1) is 14.7. The molecule has 1 aromatic carbocycles. The van der Waals surface area contributed by atoms with Gasteiger partial charge in [0.15, 0.2) is 6.61 Å². The standard InChI is InChI=1S/C13H20N2O2S/c1-10(6-7-18-2)15-13(16)9-17-12-5-3-4-11(14)8-12/h3-5,8,10H,6-7,9,14H2,1-2H3,(H,15,16). The number of ether oxygens (including phenoxy) is 1. The molecule has 0 spiro atoms. The van der Waals surface area contributed by atoms with Crippen molar-refractivity contribution in [1.29, 1.82) is 0 Å². The number of thioether (sulfide) groups is 1. The van der Waals surface area contributed by atoms with E-state index in [0.717, 1.165) is 12.2 Å². The zero-order chi connectivity index (χ0) is 13.4. The molecule has 100 valence electrons. The van der Waals surface area contributed by atoms with E-state index < -0.39 is 0 Å². The molecule has 3 N–H and O–H groups in total. The van der Waals surface area contributed by atoms with Crippen LogP contribution in [-0.2, 0) is 4.79 Å². The van der Waals surface area contributed by atoms with E-state index in [1.165, 1.54) is 0 Å². The fourth-order valence-corrected chi connectivity index (χ4v) is 2.03. The molecule has 18 heavy (non-hydrogen) atoms. The second kappa shape index (κ2) is 7.87. The summed E-state index contributed by atoms with van der Waals surface area (Å²) in [4.78, 5) is 11.6. The fraction of sp³-hybridized carbons (Fsp3) is 0.462. The maximum absolute atomic E-state index is 11.6. The SMILES string of the molecule is CSCCC(C)NC(=O)COc1cccc(N)c1. The van der Waals surface area contributed by atoms with E-state index in [2.05, 4.69) is 11.6 Å². The number of benzene rings is 1. The molecule has 1 rings (SSSR count). The number of nitrogens with one attached hydrogen (secondary N) is 1. The molecule has 0 bridgehead atoms. The second-order valence-corrected chi connectivity index (χ2v) is 5.10. The Morgan fingerprint density at radius 2 is 2.33 bits per heavy atom. The Kier molecular flexibility index (Phi) is 6.43. The average Bonchev–Trinajstić information content (AvgIpc) is 2.34. The molecule has 0 heterocycles. The van der Waals surface area contributed by atoms with Crippen molar-refractivity contribution in [2.75, 3.05) is 24.3 Å². The lowest BCUT2D eigenvalue weighted by Crippen LogP contribution is -2.36. The lowest BCUT2D eigenvalue weighted by molar-refractivity contribution is -0.123. The summed E-state index contributed by atoms with van der Waals surface area (Å²) in [6, 6.07) is 7.22. The predicted octanol–water partition coefficient (Wildman–Crippen LogP) is 1.91. The van der Waals surface area contributed by atoms with Gasteiger partial charge in [-0.25, -0.2) is 0 Å². The molecule has 4 nitrogen and oxygen atoms in total. The van der Waals surface area contributed by atoms with Gasteiger partial charge in [0.2, 0.25) is 0 Å². The minimum absolute atomic E-state index is 0.0209. The molecule has 0 saturated carbocycles. The molecular weight excluding hydrogens is 248 g/mol. The topological polar surface area (TPSA) is 64.3 Å². The van der Waals surface area contributed by atoms with Gasteiger partial charge in [-0.05, 0) is 37.5 Å². The van der Waals surface area contributed by atoms with Gasteiger partial charge in [-0.1, -0.05) is 6.07 Å². The summed E-state index contributed by atoms with van der Waals surface area (Å²) in [6.07, 6.45) is 3.02. The minimum atomic E-state index is -0.106. The molecule has 0 aliphatic carbocycles. The number of anilines is 1. The predicted molar refractivity (Wildman–Crippen MR) is 77.0 cm³/mol. The Hall–Kier alpha value is -1.36. The first-order chi connectivity index (χ1) is 8.61. The molecule has 0 fully saturated rings. The normalized spacial score (nSPS) is 11.9. The van der Waals surface area contributed by atoms with Crippen molar-refractivity contribution < 1.29 is 9.53 Å². The Balaban J connectivity index is 2.28. The lowest BCUT2D eigenvalue weighted by atomic mass is 10.2. The first-order valence-electron chi connectivity index (χ1n) is 5.88. The molecule has 1 atom stereocenters. The van der Waals surface area contributed by atoms with E-state index in [1.807, 2.05) is 6.92 Å². The zero-order valence-corrected chi connectivity index (χ0v) is 11.6. The van der Waals surface area contributed by atoms with Crippen LogP contribution in [0.1, 0.15) is 13.3 Å². The Labute approximate surface area is 112 Å². The minimum Gasteiger partial charge on any atom is -0.484 e. The van der Waals surface area contributed by atoms with Gasteiger partial charge in [-0.3, -0.25) is 4.79 Å². The highest BCUT2D eigenvalue weighted by Crippen LogP contribution is 2.14. The number of nitrogen functional groups attached to an aromatic ring is 1. The third-order valence-electron chi connectivity index (χ3n) is 2.39. The van der Waals surface area contributed by atoms with E-state index >= 15 is 0 Å². The van der Waals surface area contributed by atoms with Crippen molar-refractivity contribution in [2.45, 2.75) is 19.4 Å². The maximum Gasteiger partial charge on any atom is 0.258 e. The fourth-order valence-electron chi connectivity index (χ4n) is 1.44. The summed E-state index contributed by atoms with van der Waals surface area (Å²) in [6.45, 7) is 2.02. The van der Waals surface area contributed by atoms with Crippen molar-refractivity contribution >= 4 is 23.4 Å². The van der Waals surface area contributed by atoms with Gasteiger partial charge >= 0.3 is 0 Å². The van der Waals surface area contributed by atoms with Gasteiger partial charge in [0.05, 0.1) is 0 Å². The van der Waals surface area contributed by atoms with Crippen LogP contribution in [0.15, 0.2) is 24.3 Å². The van der Waals surface area contributed by atoms with Crippen LogP contribution in [-0.4, -0.2) is 30.6 Å². The van der Waals surface area contributed by atoms with E-state index in [1.54, 1.807) is 36.0 Å². The molecule has 1 aromatic rings. The molecule has 0 saturated heterocycles. The maximum atomic E-state index is 11.6. The number of carbonyl (C=O) groups excluding carboxylic acids is 1. The molecular formula is C13H20N2O2S. The summed E-state index contributed by atoms with van der Waals surface area (Å²) < 4.78 is 5.36. The van der Waals surface area contributed by atoms with E-state index in [9.17, 15) is 4.79 Å². The quantitative estimate of drug-likeness (QED) is 0.741. The van der Waals surface area contributed by atoms with Crippen molar-refractivity contribution in [3.05, 3.63) is 24.3 Å². The van der Waals surface area contributed by atoms with E-state index in [4.69, 9.17) is 10.5 Å². The van der Waals surface area contributed by atoms with Crippen molar-refractivity contribution in [2.24, 2.45) is 0 Å². The average molecular weight is 268 g/mol. The molecule has 0 radical (unpaired) electrons. The number of hydrogen-bond acceptors (Lipinski definition) is 4. The molecule has 5 heteroatoms. The molecule has 0 aliphatic rings.